The smallest absolute Gasteiger partial charge is 0.303 e. The Morgan fingerprint density at radius 2 is 2.08 bits per heavy atom. The number of carbonyl (C=O) groups is 1. The molecule has 4 heterocycles. The molecular formula is C25H31F2N7O4. The fourth-order valence-corrected chi connectivity index (χ4v) is 4.71. The van der Waals surface area contributed by atoms with E-state index in [0.29, 0.717) is 41.4 Å². The third-order valence-corrected chi connectivity index (χ3v) is 6.41. The molecule has 1 aliphatic rings. The summed E-state index contributed by atoms with van der Waals surface area (Å²) in [7, 11) is 1.70. The van der Waals surface area contributed by atoms with Gasteiger partial charge in [0.1, 0.15) is 18.0 Å². The zero-order valence-corrected chi connectivity index (χ0v) is 21.6. The molecule has 0 bridgehead atoms. The molecule has 38 heavy (non-hydrogen) atoms. The molecule has 1 unspecified atom stereocenters. The Hall–Kier alpha value is -3.90. The van der Waals surface area contributed by atoms with Gasteiger partial charge in [-0.05, 0) is 30.9 Å². The maximum atomic E-state index is 14.5. The van der Waals surface area contributed by atoms with E-state index in [2.05, 4.69) is 15.4 Å². The largest absolute Gasteiger partial charge is 0.481 e. The molecule has 0 saturated carbocycles. The summed E-state index contributed by atoms with van der Waals surface area (Å²) in [6.07, 6.45) is 3.32. The number of hydrogen-bond acceptors (Lipinski definition) is 8. The Balaban J connectivity index is 1.59. The minimum atomic E-state index is -3.00. The van der Waals surface area contributed by atoms with Crippen LogP contribution in [0.3, 0.4) is 0 Å². The van der Waals surface area contributed by atoms with Gasteiger partial charge in [0.05, 0.1) is 42.4 Å². The molecule has 1 fully saturated rings. The second-order valence-electron chi connectivity index (χ2n) is 9.48. The van der Waals surface area contributed by atoms with Crippen molar-refractivity contribution in [3.05, 3.63) is 46.1 Å². The van der Waals surface area contributed by atoms with E-state index < -0.39 is 30.8 Å². The Morgan fingerprint density at radius 3 is 2.79 bits per heavy atom. The topological polar surface area (TPSA) is 128 Å². The average Bonchev–Trinajstić information content (AvgIpc) is 3.22. The lowest BCUT2D eigenvalue weighted by molar-refractivity contribution is -0.139. The monoisotopic (exact) mass is 531 g/mol. The van der Waals surface area contributed by atoms with Gasteiger partial charge in [0.15, 0.2) is 5.75 Å². The van der Waals surface area contributed by atoms with Crippen molar-refractivity contribution >= 4 is 11.7 Å². The van der Waals surface area contributed by atoms with Gasteiger partial charge in [0.2, 0.25) is 5.43 Å². The highest BCUT2D eigenvalue weighted by Crippen LogP contribution is 2.36. The standard InChI is InChI=1S/C25H31F2N7O4/c1-4-8-34-13-22(21(35)11-28-34)38-14-20-24(30-31-32(20)3)18-6-7-19(17(5-2)29-18)33-12-16(9-23(36)37)10-25(26,27)15-33/h6-7,11,13,16H,4-5,8-10,12,14-15H2,1-3H3,(H,36,37). The second-order valence-corrected chi connectivity index (χ2v) is 9.48. The van der Waals surface area contributed by atoms with Crippen LogP contribution in [0.2, 0.25) is 0 Å². The fraction of sp³-hybridized carbons (Fsp3) is 0.520. The molecule has 4 rings (SSSR count). The number of alkyl halides is 2. The number of aliphatic carboxylic acids is 1. The highest BCUT2D eigenvalue weighted by molar-refractivity contribution is 5.67. The maximum absolute atomic E-state index is 14.5. The van der Waals surface area contributed by atoms with Crippen LogP contribution in [0.4, 0.5) is 14.5 Å². The number of aryl methyl sites for hydroxylation is 3. The summed E-state index contributed by atoms with van der Waals surface area (Å²) in [4.78, 5) is 29.6. The van der Waals surface area contributed by atoms with E-state index in [-0.39, 0.29) is 30.8 Å². The van der Waals surface area contributed by atoms with Crippen LogP contribution in [0.5, 0.6) is 5.75 Å². The molecule has 13 heteroatoms. The van der Waals surface area contributed by atoms with E-state index >= 15 is 0 Å². The fourth-order valence-electron chi connectivity index (χ4n) is 4.71. The van der Waals surface area contributed by atoms with Gasteiger partial charge >= 0.3 is 5.97 Å². The summed E-state index contributed by atoms with van der Waals surface area (Å²) < 4.78 is 37.9. The average molecular weight is 532 g/mol. The van der Waals surface area contributed by atoms with Crippen molar-refractivity contribution in [2.24, 2.45) is 13.0 Å². The second kappa shape index (κ2) is 11.2. The van der Waals surface area contributed by atoms with E-state index in [1.54, 1.807) is 30.1 Å². The van der Waals surface area contributed by atoms with Crippen LogP contribution >= 0.6 is 0 Å². The van der Waals surface area contributed by atoms with Gasteiger partial charge in [-0.3, -0.25) is 14.3 Å². The van der Waals surface area contributed by atoms with Gasteiger partial charge in [-0.2, -0.15) is 5.10 Å². The number of pyridine rings is 1. The molecule has 0 spiro atoms. The normalized spacial score (nSPS) is 17.0. The lowest BCUT2D eigenvalue weighted by Gasteiger charge is -2.39. The number of ether oxygens (including phenoxy) is 1. The number of anilines is 1. The number of aromatic nitrogens is 6. The summed E-state index contributed by atoms with van der Waals surface area (Å²) in [6, 6.07) is 3.40. The predicted molar refractivity (Wildman–Crippen MR) is 134 cm³/mol. The van der Waals surface area contributed by atoms with Crippen LogP contribution in [0, 0.1) is 5.92 Å². The summed E-state index contributed by atoms with van der Waals surface area (Å²) in [5, 5.41) is 21.5. The molecule has 0 radical (unpaired) electrons. The van der Waals surface area contributed by atoms with Crippen molar-refractivity contribution in [2.45, 2.75) is 58.6 Å². The number of carboxylic acid groups (broad SMARTS) is 1. The molecule has 1 aliphatic heterocycles. The van der Waals surface area contributed by atoms with Gasteiger partial charge in [0, 0.05) is 26.6 Å². The van der Waals surface area contributed by atoms with Crippen LogP contribution < -0.4 is 15.1 Å². The molecule has 0 aliphatic carbocycles. The zero-order valence-electron chi connectivity index (χ0n) is 21.6. The summed E-state index contributed by atoms with van der Waals surface area (Å²) in [5.41, 5.74) is 2.30. The highest BCUT2D eigenvalue weighted by atomic mass is 19.3. The molecule has 1 atom stereocenters. The molecule has 0 aromatic carbocycles. The molecule has 1 saturated heterocycles. The minimum absolute atomic E-state index is 0.00428. The lowest BCUT2D eigenvalue weighted by atomic mass is 9.91. The number of nitrogens with zero attached hydrogens (tertiary/aromatic N) is 7. The maximum Gasteiger partial charge on any atom is 0.303 e. The Labute approximate surface area is 218 Å². The van der Waals surface area contributed by atoms with Crippen LogP contribution in [0.25, 0.3) is 11.4 Å². The number of halogens is 2. The molecular weight excluding hydrogens is 500 g/mol. The first-order chi connectivity index (χ1) is 18.1. The van der Waals surface area contributed by atoms with Gasteiger partial charge in [-0.25, -0.2) is 18.4 Å². The van der Waals surface area contributed by atoms with E-state index in [1.165, 1.54) is 15.8 Å². The van der Waals surface area contributed by atoms with Gasteiger partial charge in [-0.1, -0.05) is 19.1 Å². The summed E-state index contributed by atoms with van der Waals surface area (Å²) >= 11 is 0. The van der Waals surface area contributed by atoms with Crippen molar-refractivity contribution in [3.8, 4) is 17.1 Å². The number of carboxylic acids is 1. The van der Waals surface area contributed by atoms with E-state index in [1.807, 2.05) is 13.8 Å². The van der Waals surface area contributed by atoms with Gasteiger partial charge in [0.25, 0.3) is 5.92 Å². The predicted octanol–water partition coefficient (Wildman–Crippen LogP) is 2.92. The van der Waals surface area contributed by atoms with E-state index in [0.717, 1.165) is 6.42 Å². The first kappa shape index (κ1) is 27.1. The molecule has 0 amide bonds. The molecule has 1 N–H and O–H groups in total. The quantitative estimate of drug-likeness (QED) is 0.420. The van der Waals surface area contributed by atoms with Crippen LogP contribution in [-0.4, -0.2) is 59.8 Å². The summed E-state index contributed by atoms with van der Waals surface area (Å²) in [5.74, 6) is -4.61. The van der Waals surface area contributed by atoms with E-state index in [4.69, 9.17) is 14.8 Å². The Kier molecular flexibility index (Phi) is 8.02. The number of rotatable bonds is 10. The third kappa shape index (κ3) is 6.14. The Morgan fingerprint density at radius 1 is 1.29 bits per heavy atom. The highest BCUT2D eigenvalue weighted by Gasteiger charge is 2.41. The zero-order chi connectivity index (χ0) is 27.4. The van der Waals surface area contributed by atoms with Crippen LogP contribution in [-0.2, 0) is 31.4 Å². The third-order valence-electron chi connectivity index (χ3n) is 6.41. The molecule has 204 valence electrons. The van der Waals surface area contributed by atoms with Crippen molar-refractivity contribution in [2.75, 3.05) is 18.0 Å². The van der Waals surface area contributed by atoms with Crippen LogP contribution in [0.1, 0.15) is 44.5 Å². The van der Waals surface area contributed by atoms with Gasteiger partial charge in [-0.15, -0.1) is 5.10 Å². The van der Waals surface area contributed by atoms with Crippen molar-refractivity contribution in [1.82, 2.24) is 29.8 Å². The molecule has 3 aromatic heterocycles. The number of hydrogen-bond donors (Lipinski definition) is 1. The van der Waals surface area contributed by atoms with Crippen LogP contribution in [0.15, 0.2) is 29.3 Å². The van der Waals surface area contributed by atoms with Crippen molar-refractivity contribution in [1.29, 1.82) is 0 Å². The van der Waals surface area contributed by atoms with Crippen molar-refractivity contribution in [3.63, 3.8) is 0 Å². The number of piperidine rings is 1. The molecule has 11 nitrogen and oxygen atoms in total. The lowest BCUT2D eigenvalue weighted by Crippen LogP contribution is -2.48. The summed E-state index contributed by atoms with van der Waals surface area (Å²) in [6.45, 7) is 4.24. The van der Waals surface area contributed by atoms with Crippen molar-refractivity contribution < 1.29 is 23.4 Å². The SMILES string of the molecule is CCCn1cc(OCc2c(-c3ccc(N4CC(CC(=O)O)CC(F)(F)C4)c(CC)n3)nnn2C)c(=O)cn1. The first-order valence-electron chi connectivity index (χ1n) is 12.5. The minimum Gasteiger partial charge on any atom is -0.481 e. The first-order valence-corrected chi connectivity index (χ1v) is 12.5. The molecule has 3 aromatic rings. The van der Waals surface area contributed by atoms with Gasteiger partial charge < -0.3 is 14.7 Å². The van der Waals surface area contributed by atoms with E-state index in [9.17, 15) is 18.4 Å². The Bertz CT molecular complexity index is 1360.